The van der Waals surface area contributed by atoms with Gasteiger partial charge in [-0.25, -0.2) is 0 Å². The van der Waals surface area contributed by atoms with Crippen molar-refractivity contribution in [3.63, 3.8) is 0 Å². The molecule has 0 atom stereocenters. The molecule has 0 aliphatic carbocycles. The molecule has 2 aliphatic rings. The summed E-state index contributed by atoms with van der Waals surface area (Å²) in [4.78, 5) is 27.6. The SMILES string of the molecule is Cc1ccccc1OCC1=NN2C(=N)/C(=C/c3cccn3-c3cc([N+](=O)[O-])ccc3Cl)C(=O)N=C2S1. The van der Waals surface area contributed by atoms with Gasteiger partial charge in [0, 0.05) is 24.0 Å². The topological polar surface area (TPSA) is 126 Å². The summed E-state index contributed by atoms with van der Waals surface area (Å²) in [7, 11) is 0. The largest absolute Gasteiger partial charge is 0.486 e. The lowest BCUT2D eigenvalue weighted by molar-refractivity contribution is -0.384. The fraction of sp³-hybridized carbons (Fsp3) is 0.0833. The van der Waals surface area contributed by atoms with Crippen LogP contribution in [0.25, 0.3) is 11.8 Å². The Bertz CT molecular complexity index is 1530. The number of hydrogen-bond donors (Lipinski definition) is 1. The summed E-state index contributed by atoms with van der Waals surface area (Å²) in [5.41, 5.74) is 1.73. The molecule has 180 valence electrons. The summed E-state index contributed by atoms with van der Waals surface area (Å²) in [6.45, 7) is 2.11. The summed E-state index contributed by atoms with van der Waals surface area (Å²) in [5.74, 6) is -0.00545. The number of nitrogens with one attached hydrogen (secondary N) is 1. The predicted molar refractivity (Wildman–Crippen MR) is 139 cm³/mol. The van der Waals surface area contributed by atoms with Crippen molar-refractivity contribution in [2.45, 2.75) is 6.92 Å². The van der Waals surface area contributed by atoms with Gasteiger partial charge in [0.15, 0.2) is 5.84 Å². The van der Waals surface area contributed by atoms with Crippen LogP contribution in [-0.2, 0) is 4.79 Å². The highest BCUT2D eigenvalue weighted by molar-refractivity contribution is 8.27. The number of nitro benzene ring substituents is 1. The predicted octanol–water partition coefficient (Wildman–Crippen LogP) is 5.05. The number of carbonyl (C=O) groups excluding carboxylic acids is 1. The van der Waals surface area contributed by atoms with Gasteiger partial charge in [-0.3, -0.25) is 20.3 Å². The first kappa shape index (κ1) is 23.5. The van der Waals surface area contributed by atoms with Crippen molar-refractivity contribution in [3.8, 4) is 11.4 Å². The first-order chi connectivity index (χ1) is 17.3. The van der Waals surface area contributed by atoms with Crippen LogP contribution in [-0.4, -0.2) is 43.1 Å². The number of rotatable bonds is 6. The second-order valence-electron chi connectivity index (χ2n) is 7.76. The van der Waals surface area contributed by atoms with Crippen molar-refractivity contribution in [1.29, 1.82) is 5.41 Å². The average Bonchev–Trinajstić information content (AvgIpc) is 3.48. The summed E-state index contributed by atoms with van der Waals surface area (Å²) >= 11 is 7.47. The number of nitrogens with zero attached hydrogens (tertiary/aromatic N) is 5. The van der Waals surface area contributed by atoms with Crippen LogP contribution in [0.2, 0.25) is 5.02 Å². The molecule has 0 bridgehead atoms. The van der Waals surface area contributed by atoms with Gasteiger partial charge >= 0.3 is 0 Å². The van der Waals surface area contributed by atoms with Gasteiger partial charge in [0.05, 0.1) is 21.2 Å². The van der Waals surface area contributed by atoms with Crippen molar-refractivity contribution in [2.24, 2.45) is 10.1 Å². The number of thioether (sulfide) groups is 1. The molecule has 1 aromatic heterocycles. The average molecular weight is 521 g/mol. The lowest BCUT2D eigenvalue weighted by Crippen LogP contribution is -2.35. The van der Waals surface area contributed by atoms with Crippen LogP contribution in [0, 0.1) is 22.4 Å². The van der Waals surface area contributed by atoms with E-state index in [4.69, 9.17) is 21.7 Å². The number of aromatic nitrogens is 1. The van der Waals surface area contributed by atoms with Crippen molar-refractivity contribution in [1.82, 2.24) is 9.58 Å². The van der Waals surface area contributed by atoms with Gasteiger partial charge in [0.2, 0.25) is 5.17 Å². The lowest BCUT2D eigenvalue weighted by atomic mass is 10.1. The van der Waals surface area contributed by atoms with E-state index in [1.807, 2.05) is 31.2 Å². The Hall–Kier alpha value is -4.22. The third-order valence-electron chi connectivity index (χ3n) is 5.41. The Morgan fingerprint density at radius 1 is 1.22 bits per heavy atom. The standard InChI is InChI=1S/C24H17ClN6O4S/c1-14-5-2-3-7-20(14)35-13-21-28-30-22(26)17(23(32)27-24(30)36-21)11-15-6-4-10-29(15)19-12-16(31(33)34)8-9-18(19)25/h2-12,26H,13H2,1H3/b17-11-,26-22?. The van der Waals surface area contributed by atoms with Crippen molar-refractivity contribution >= 4 is 57.1 Å². The highest BCUT2D eigenvalue weighted by Gasteiger charge is 2.36. The molecule has 36 heavy (non-hydrogen) atoms. The van der Waals surface area contributed by atoms with Crippen LogP contribution < -0.4 is 4.74 Å². The number of nitro groups is 1. The molecule has 2 aromatic carbocycles. The van der Waals surface area contributed by atoms with E-state index in [1.54, 1.807) is 22.9 Å². The van der Waals surface area contributed by atoms with Crippen molar-refractivity contribution in [2.75, 3.05) is 6.61 Å². The molecule has 1 amide bonds. The van der Waals surface area contributed by atoms with Crippen LogP contribution >= 0.6 is 23.4 Å². The quantitative estimate of drug-likeness (QED) is 0.275. The number of para-hydroxylation sites is 1. The van der Waals surface area contributed by atoms with Gasteiger partial charge in [-0.2, -0.15) is 15.1 Å². The molecular weight excluding hydrogens is 504 g/mol. The van der Waals surface area contributed by atoms with Gasteiger partial charge in [0.1, 0.15) is 17.4 Å². The van der Waals surface area contributed by atoms with Crippen molar-refractivity contribution in [3.05, 3.63) is 92.8 Å². The molecule has 0 unspecified atom stereocenters. The third-order valence-corrected chi connectivity index (χ3v) is 6.62. The summed E-state index contributed by atoms with van der Waals surface area (Å²) in [6.07, 6.45) is 3.15. The van der Waals surface area contributed by atoms with Gasteiger partial charge in [-0.1, -0.05) is 29.8 Å². The number of carbonyl (C=O) groups is 1. The number of hydrazone groups is 1. The van der Waals surface area contributed by atoms with E-state index in [0.29, 0.717) is 21.4 Å². The zero-order chi connectivity index (χ0) is 25.4. The van der Waals surface area contributed by atoms with E-state index >= 15 is 0 Å². The number of aryl methyl sites for hydroxylation is 1. The third kappa shape index (κ3) is 4.41. The van der Waals surface area contributed by atoms with Gasteiger partial charge in [-0.05, 0) is 54.6 Å². The Labute approximate surface area is 214 Å². The first-order valence-corrected chi connectivity index (χ1v) is 11.8. The molecule has 0 fully saturated rings. The van der Waals surface area contributed by atoms with Crippen LogP contribution in [0.15, 0.2) is 76.5 Å². The second kappa shape index (κ2) is 9.44. The minimum absolute atomic E-state index is 0.0191. The number of halogens is 1. The zero-order valence-corrected chi connectivity index (χ0v) is 20.3. The van der Waals surface area contributed by atoms with E-state index in [9.17, 15) is 14.9 Å². The Morgan fingerprint density at radius 2 is 2.03 bits per heavy atom. The molecular formula is C24H17ClN6O4S. The highest BCUT2D eigenvalue weighted by atomic mass is 35.5. The van der Waals surface area contributed by atoms with Crippen molar-refractivity contribution < 1.29 is 14.5 Å². The fourth-order valence-corrected chi connectivity index (χ4v) is 4.63. The Kier molecular flexibility index (Phi) is 6.17. The maximum atomic E-state index is 12.8. The smallest absolute Gasteiger partial charge is 0.283 e. The van der Waals surface area contributed by atoms with Crippen LogP contribution in [0.4, 0.5) is 5.69 Å². The highest BCUT2D eigenvalue weighted by Crippen LogP contribution is 2.31. The minimum Gasteiger partial charge on any atom is -0.486 e. The Morgan fingerprint density at radius 3 is 2.81 bits per heavy atom. The minimum atomic E-state index is -0.590. The number of fused-ring (bicyclic) bond motifs is 1. The van der Waals surface area contributed by atoms with Gasteiger partial charge in [-0.15, -0.1) is 0 Å². The van der Waals surface area contributed by atoms with E-state index in [0.717, 1.165) is 11.3 Å². The molecule has 3 heterocycles. The van der Waals surface area contributed by atoms with Crippen LogP contribution in [0.3, 0.4) is 0 Å². The lowest BCUT2D eigenvalue weighted by Gasteiger charge is -2.20. The maximum absolute atomic E-state index is 12.8. The summed E-state index contributed by atoms with van der Waals surface area (Å²) < 4.78 is 7.44. The number of amides is 1. The van der Waals surface area contributed by atoms with Gasteiger partial charge in [0.25, 0.3) is 11.6 Å². The molecule has 3 aromatic rings. The monoisotopic (exact) mass is 520 g/mol. The maximum Gasteiger partial charge on any atom is 0.283 e. The van der Waals surface area contributed by atoms with E-state index in [2.05, 4.69) is 10.1 Å². The van der Waals surface area contributed by atoms with Crippen LogP contribution in [0.1, 0.15) is 11.3 Å². The summed E-state index contributed by atoms with van der Waals surface area (Å²) in [5, 5.41) is 26.7. The molecule has 2 aliphatic heterocycles. The number of hydrogen-bond acceptors (Lipinski definition) is 7. The molecule has 5 rings (SSSR count). The zero-order valence-electron chi connectivity index (χ0n) is 18.7. The Balaban J connectivity index is 1.42. The number of aliphatic imine (C=N–C) groups is 1. The summed E-state index contributed by atoms with van der Waals surface area (Å²) in [6, 6.07) is 15.1. The van der Waals surface area contributed by atoms with E-state index in [-0.39, 0.29) is 28.9 Å². The molecule has 0 radical (unpaired) electrons. The van der Waals surface area contributed by atoms with E-state index in [1.165, 1.54) is 41.0 Å². The number of amidine groups is 2. The molecule has 1 N–H and O–H groups in total. The first-order valence-electron chi connectivity index (χ1n) is 10.6. The molecule has 0 saturated heterocycles. The molecule has 0 spiro atoms. The fourth-order valence-electron chi connectivity index (χ4n) is 3.63. The van der Waals surface area contributed by atoms with E-state index < -0.39 is 10.8 Å². The van der Waals surface area contributed by atoms with Gasteiger partial charge < -0.3 is 9.30 Å². The normalized spacial score (nSPS) is 16.2. The van der Waals surface area contributed by atoms with Crippen LogP contribution in [0.5, 0.6) is 5.75 Å². The number of benzene rings is 2. The molecule has 10 nitrogen and oxygen atoms in total. The number of non-ortho nitro benzene ring substituents is 1. The molecule has 0 saturated carbocycles. The second-order valence-corrected chi connectivity index (χ2v) is 9.21. The molecule has 12 heteroatoms. The number of ether oxygens (including phenoxy) is 1.